The molecule has 2 rings (SSSR count). The molecule has 1 saturated carbocycles. The van der Waals surface area contributed by atoms with Crippen molar-refractivity contribution in [2.24, 2.45) is 0 Å². The first-order valence-corrected chi connectivity index (χ1v) is 8.32. The van der Waals surface area contributed by atoms with Crippen molar-refractivity contribution in [2.45, 2.75) is 51.6 Å². The summed E-state index contributed by atoms with van der Waals surface area (Å²) in [6, 6.07) is 7.69. The van der Waals surface area contributed by atoms with Gasteiger partial charge in [-0.2, -0.15) is 0 Å². The molecule has 1 aliphatic carbocycles. The zero-order valence-corrected chi connectivity index (χ0v) is 13.5. The summed E-state index contributed by atoms with van der Waals surface area (Å²) >= 11 is 0. The van der Waals surface area contributed by atoms with Crippen LogP contribution in [0.25, 0.3) is 0 Å². The minimum atomic E-state index is -0.0850. The number of hydrogen-bond donors (Lipinski definition) is 1. The van der Waals surface area contributed by atoms with E-state index in [4.69, 9.17) is 9.47 Å². The van der Waals surface area contributed by atoms with Gasteiger partial charge in [0.05, 0.1) is 6.10 Å². The lowest BCUT2D eigenvalue weighted by Crippen LogP contribution is -2.30. The summed E-state index contributed by atoms with van der Waals surface area (Å²) in [5.74, 6) is 0.639. The third kappa shape index (κ3) is 6.48. The molecular weight excluding hydrogens is 278 g/mol. The van der Waals surface area contributed by atoms with Gasteiger partial charge in [-0.05, 0) is 38.3 Å². The average Bonchev–Trinajstić information content (AvgIpc) is 2.55. The Bertz CT molecular complexity index is 438. The van der Waals surface area contributed by atoms with E-state index in [1.807, 2.05) is 31.2 Å². The Morgan fingerprint density at radius 2 is 1.91 bits per heavy atom. The van der Waals surface area contributed by atoms with Crippen molar-refractivity contribution in [3.63, 3.8) is 0 Å². The van der Waals surface area contributed by atoms with Crippen molar-refractivity contribution in [3.05, 3.63) is 29.8 Å². The van der Waals surface area contributed by atoms with E-state index in [-0.39, 0.29) is 12.5 Å². The smallest absolute Gasteiger partial charge is 0.257 e. The van der Waals surface area contributed by atoms with Gasteiger partial charge in [-0.1, -0.05) is 37.0 Å². The summed E-state index contributed by atoms with van der Waals surface area (Å²) in [4.78, 5) is 11.7. The fourth-order valence-corrected chi connectivity index (χ4v) is 2.62. The molecule has 4 nitrogen and oxygen atoms in total. The minimum absolute atomic E-state index is 0.0620. The van der Waals surface area contributed by atoms with E-state index in [0.717, 1.165) is 18.8 Å². The van der Waals surface area contributed by atoms with E-state index in [1.54, 1.807) is 0 Å². The molecule has 0 aliphatic heterocycles. The second-order valence-corrected chi connectivity index (χ2v) is 5.94. The van der Waals surface area contributed by atoms with Crippen molar-refractivity contribution in [1.82, 2.24) is 5.32 Å². The van der Waals surface area contributed by atoms with E-state index in [0.29, 0.717) is 12.6 Å². The van der Waals surface area contributed by atoms with E-state index < -0.39 is 0 Å². The van der Waals surface area contributed by atoms with E-state index in [2.05, 4.69) is 5.32 Å². The number of ether oxygens (including phenoxy) is 2. The Morgan fingerprint density at radius 1 is 1.18 bits per heavy atom. The average molecular weight is 305 g/mol. The van der Waals surface area contributed by atoms with Gasteiger partial charge in [0.2, 0.25) is 0 Å². The fraction of sp³-hybridized carbons (Fsp3) is 0.611. The summed E-state index contributed by atoms with van der Waals surface area (Å²) in [5, 5.41) is 2.86. The normalized spacial score (nSPS) is 15.5. The van der Waals surface area contributed by atoms with E-state index in [1.165, 1.54) is 37.7 Å². The van der Waals surface area contributed by atoms with Crippen LogP contribution in [0.1, 0.15) is 44.1 Å². The van der Waals surface area contributed by atoms with Crippen LogP contribution < -0.4 is 10.1 Å². The number of carbonyl (C=O) groups is 1. The molecule has 4 heteroatoms. The standard InChI is InChI=1S/C18H27NO3/c1-15-8-10-17(11-9-15)22-14-18(20)19-12-5-13-21-16-6-3-2-4-7-16/h8-11,16H,2-7,12-14H2,1H3,(H,19,20). The van der Waals surface area contributed by atoms with Gasteiger partial charge >= 0.3 is 0 Å². The lowest BCUT2D eigenvalue weighted by molar-refractivity contribution is -0.123. The highest BCUT2D eigenvalue weighted by Crippen LogP contribution is 2.20. The van der Waals surface area contributed by atoms with Crippen LogP contribution in [-0.4, -0.2) is 31.8 Å². The maximum absolute atomic E-state index is 11.7. The number of benzene rings is 1. The first-order valence-electron chi connectivity index (χ1n) is 8.32. The van der Waals surface area contributed by atoms with Gasteiger partial charge in [0.15, 0.2) is 6.61 Å². The Hall–Kier alpha value is -1.55. The quantitative estimate of drug-likeness (QED) is 0.750. The second-order valence-electron chi connectivity index (χ2n) is 5.94. The predicted molar refractivity (Wildman–Crippen MR) is 87.1 cm³/mol. The summed E-state index contributed by atoms with van der Waals surface area (Å²) in [5.41, 5.74) is 1.18. The number of carbonyl (C=O) groups excluding carboxylic acids is 1. The van der Waals surface area contributed by atoms with Crippen LogP contribution in [-0.2, 0) is 9.53 Å². The number of aryl methyl sites for hydroxylation is 1. The van der Waals surface area contributed by atoms with Crippen molar-refractivity contribution in [3.8, 4) is 5.75 Å². The Kier molecular flexibility index (Phi) is 7.23. The minimum Gasteiger partial charge on any atom is -0.484 e. The van der Waals surface area contributed by atoms with Gasteiger partial charge < -0.3 is 14.8 Å². The Morgan fingerprint density at radius 3 is 2.64 bits per heavy atom. The Balaban J connectivity index is 1.49. The topological polar surface area (TPSA) is 47.6 Å². The van der Waals surface area contributed by atoms with Crippen LogP contribution in [0.15, 0.2) is 24.3 Å². The van der Waals surface area contributed by atoms with Crippen molar-refractivity contribution in [1.29, 1.82) is 0 Å². The summed E-state index contributed by atoms with van der Waals surface area (Å²) in [6.45, 7) is 3.45. The lowest BCUT2D eigenvalue weighted by atomic mass is 9.98. The fourth-order valence-electron chi connectivity index (χ4n) is 2.62. The molecule has 0 aromatic heterocycles. The van der Waals surface area contributed by atoms with Crippen molar-refractivity contribution in [2.75, 3.05) is 19.8 Å². The first kappa shape index (κ1) is 16.8. The van der Waals surface area contributed by atoms with Crippen LogP contribution in [0.4, 0.5) is 0 Å². The zero-order valence-electron chi connectivity index (χ0n) is 13.5. The largest absolute Gasteiger partial charge is 0.484 e. The molecule has 1 amide bonds. The van der Waals surface area contributed by atoms with Crippen LogP contribution in [0, 0.1) is 6.92 Å². The number of rotatable bonds is 8. The summed E-state index contributed by atoms with van der Waals surface area (Å²) < 4.78 is 11.3. The molecule has 0 saturated heterocycles. The molecule has 0 spiro atoms. The molecule has 0 unspecified atom stereocenters. The lowest BCUT2D eigenvalue weighted by Gasteiger charge is -2.21. The Labute approximate surface area is 133 Å². The molecule has 1 aromatic rings. The molecule has 0 radical (unpaired) electrons. The molecule has 1 fully saturated rings. The van der Waals surface area contributed by atoms with Gasteiger partial charge in [-0.25, -0.2) is 0 Å². The van der Waals surface area contributed by atoms with Gasteiger partial charge in [0.25, 0.3) is 5.91 Å². The molecule has 1 aromatic carbocycles. The van der Waals surface area contributed by atoms with Gasteiger partial charge in [0.1, 0.15) is 5.75 Å². The highest BCUT2D eigenvalue weighted by molar-refractivity contribution is 5.77. The summed E-state index contributed by atoms with van der Waals surface area (Å²) in [6.07, 6.45) is 7.60. The van der Waals surface area contributed by atoms with Crippen LogP contribution >= 0.6 is 0 Å². The van der Waals surface area contributed by atoms with Gasteiger partial charge in [-0.15, -0.1) is 0 Å². The SMILES string of the molecule is Cc1ccc(OCC(=O)NCCCOC2CCCCC2)cc1. The zero-order chi connectivity index (χ0) is 15.6. The van der Waals surface area contributed by atoms with Crippen LogP contribution in [0.3, 0.4) is 0 Å². The second kappa shape index (κ2) is 9.46. The third-order valence-electron chi connectivity index (χ3n) is 3.94. The molecule has 0 heterocycles. The molecule has 0 atom stereocenters. The predicted octanol–water partition coefficient (Wildman–Crippen LogP) is 3.23. The van der Waals surface area contributed by atoms with Gasteiger partial charge in [0, 0.05) is 13.2 Å². The monoisotopic (exact) mass is 305 g/mol. The van der Waals surface area contributed by atoms with Gasteiger partial charge in [-0.3, -0.25) is 4.79 Å². The van der Waals surface area contributed by atoms with E-state index in [9.17, 15) is 4.79 Å². The molecule has 1 aliphatic rings. The maximum atomic E-state index is 11.7. The number of nitrogens with one attached hydrogen (secondary N) is 1. The molecular formula is C18H27NO3. The number of hydrogen-bond acceptors (Lipinski definition) is 3. The highest BCUT2D eigenvalue weighted by atomic mass is 16.5. The molecule has 0 bridgehead atoms. The van der Waals surface area contributed by atoms with E-state index >= 15 is 0 Å². The third-order valence-corrected chi connectivity index (χ3v) is 3.94. The van der Waals surface area contributed by atoms with Crippen LogP contribution in [0.2, 0.25) is 0 Å². The van der Waals surface area contributed by atoms with Crippen molar-refractivity contribution >= 4 is 5.91 Å². The number of amides is 1. The van der Waals surface area contributed by atoms with Crippen molar-refractivity contribution < 1.29 is 14.3 Å². The first-order chi connectivity index (χ1) is 10.7. The highest BCUT2D eigenvalue weighted by Gasteiger charge is 2.13. The molecule has 22 heavy (non-hydrogen) atoms. The van der Waals surface area contributed by atoms with Crippen LogP contribution in [0.5, 0.6) is 5.75 Å². The maximum Gasteiger partial charge on any atom is 0.257 e. The molecule has 1 N–H and O–H groups in total. The summed E-state index contributed by atoms with van der Waals surface area (Å²) in [7, 11) is 0. The molecule has 122 valence electrons.